The maximum Gasteiger partial charge on any atom is 0.255 e. The van der Waals surface area contributed by atoms with Crippen LogP contribution in [-0.2, 0) is 11.2 Å². The van der Waals surface area contributed by atoms with Crippen LogP contribution in [0.15, 0.2) is 36.4 Å². The Bertz CT molecular complexity index is 865. The molecule has 2 aromatic carbocycles. The van der Waals surface area contributed by atoms with Crippen molar-refractivity contribution in [3.05, 3.63) is 57.6 Å². The molecular formula is C20H20Cl2N2O2. The summed E-state index contributed by atoms with van der Waals surface area (Å²) < 4.78 is 0. The van der Waals surface area contributed by atoms with Crippen molar-refractivity contribution in [2.24, 2.45) is 5.92 Å². The zero-order valence-corrected chi connectivity index (χ0v) is 16.2. The highest BCUT2D eigenvalue weighted by Gasteiger charge is 2.24. The fraction of sp³-hybridized carbons (Fsp3) is 0.300. The van der Waals surface area contributed by atoms with Crippen molar-refractivity contribution in [3.8, 4) is 0 Å². The first-order chi connectivity index (χ1) is 12.4. The molecular weight excluding hydrogens is 371 g/mol. The number of nitrogens with one attached hydrogen (secondary N) is 1. The molecule has 4 nitrogen and oxygen atoms in total. The molecule has 1 N–H and O–H groups in total. The number of rotatable bonds is 3. The molecule has 1 aliphatic rings. The highest BCUT2D eigenvalue weighted by molar-refractivity contribution is 6.42. The van der Waals surface area contributed by atoms with Gasteiger partial charge < -0.3 is 10.2 Å². The first-order valence-electron chi connectivity index (χ1n) is 8.57. The van der Waals surface area contributed by atoms with Gasteiger partial charge in [-0.1, -0.05) is 43.1 Å². The van der Waals surface area contributed by atoms with Gasteiger partial charge in [0.15, 0.2) is 0 Å². The van der Waals surface area contributed by atoms with Gasteiger partial charge >= 0.3 is 0 Å². The largest absolute Gasteiger partial charge is 0.322 e. The third-order valence-corrected chi connectivity index (χ3v) is 5.14. The molecule has 26 heavy (non-hydrogen) atoms. The zero-order valence-electron chi connectivity index (χ0n) is 14.7. The number of benzene rings is 2. The summed E-state index contributed by atoms with van der Waals surface area (Å²) in [7, 11) is 0. The summed E-state index contributed by atoms with van der Waals surface area (Å²) in [5.41, 5.74) is 3.06. The Morgan fingerprint density at radius 2 is 1.85 bits per heavy atom. The summed E-state index contributed by atoms with van der Waals surface area (Å²) in [6.45, 7) is 4.49. The average molecular weight is 391 g/mol. The lowest BCUT2D eigenvalue weighted by molar-refractivity contribution is -0.121. The van der Waals surface area contributed by atoms with Crippen LogP contribution < -0.4 is 10.2 Å². The summed E-state index contributed by atoms with van der Waals surface area (Å²) in [6.07, 6.45) is 1.87. The van der Waals surface area contributed by atoms with Crippen molar-refractivity contribution in [1.82, 2.24) is 0 Å². The fourth-order valence-corrected chi connectivity index (χ4v) is 3.33. The van der Waals surface area contributed by atoms with Gasteiger partial charge in [-0.25, -0.2) is 0 Å². The molecule has 136 valence electrons. The molecule has 1 heterocycles. The third kappa shape index (κ3) is 3.87. The molecule has 0 aliphatic carbocycles. The number of aryl methyl sites for hydroxylation is 1. The second-order valence-electron chi connectivity index (χ2n) is 6.67. The van der Waals surface area contributed by atoms with Crippen LogP contribution in [0.2, 0.25) is 10.0 Å². The van der Waals surface area contributed by atoms with Crippen LogP contribution in [0.5, 0.6) is 0 Å². The van der Waals surface area contributed by atoms with E-state index in [1.807, 2.05) is 36.9 Å². The van der Waals surface area contributed by atoms with E-state index in [1.54, 1.807) is 12.1 Å². The molecule has 0 saturated carbocycles. The molecule has 0 aromatic heterocycles. The predicted octanol–water partition coefficient (Wildman–Crippen LogP) is 5.18. The number of amides is 2. The monoisotopic (exact) mass is 390 g/mol. The van der Waals surface area contributed by atoms with E-state index in [1.165, 1.54) is 6.07 Å². The van der Waals surface area contributed by atoms with Gasteiger partial charge in [-0.15, -0.1) is 0 Å². The van der Waals surface area contributed by atoms with Crippen LogP contribution >= 0.6 is 23.2 Å². The number of halogens is 2. The standard InChI is InChI=1S/C20H20Cl2N2O2/c1-12(2)20(26)24-9-3-4-13-5-7-15(11-18(13)24)23-19(25)14-6-8-16(21)17(22)10-14/h5-8,10-12H,3-4,9H2,1-2H3,(H,23,25). The minimum absolute atomic E-state index is 0.0737. The van der Waals surface area contributed by atoms with Gasteiger partial charge in [-0.05, 0) is 48.7 Å². The SMILES string of the molecule is CC(C)C(=O)N1CCCc2ccc(NC(=O)c3ccc(Cl)c(Cl)c3)cc21. The summed E-state index contributed by atoms with van der Waals surface area (Å²) in [4.78, 5) is 26.8. The molecule has 0 fully saturated rings. The van der Waals surface area contributed by atoms with E-state index in [-0.39, 0.29) is 17.7 Å². The Hall–Kier alpha value is -2.04. The van der Waals surface area contributed by atoms with Gasteiger partial charge in [-0.3, -0.25) is 9.59 Å². The molecule has 2 amide bonds. The lowest BCUT2D eigenvalue weighted by Crippen LogP contribution is -2.38. The first-order valence-corrected chi connectivity index (χ1v) is 9.33. The Balaban J connectivity index is 1.85. The summed E-state index contributed by atoms with van der Waals surface area (Å²) in [5, 5.41) is 3.60. The van der Waals surface area contributed by atoms with Gasteiger partial charge in [0.05, 0.1) is 10.0 Å². The van der Waals surface area contributed by atoms with Gasteiger partial charge in [0, 0.05) is 29.4 Å². The Morgan fingerprint density at radius 1 is 1.08 bits per heavy atom. The van der Waals surface area contributed by atoms with Crippen LogP contribution in [0.3, 0.4) is 0 Å². The predicted molar refractivity (Wildman–Crippen MR) is 106 cm³/mol. The highest BCUT2D eigenvalue weighted by Crippen LogP contribution is 2.31. The van der Waals surface area contributed by atoms with E-state index in [4.69, 9.17) is 23.2 Å². The maximum atomic E-state index is 12.5. The molecule has 0 unspecified atom stereocenters. The van der Waals surface area contributed by atoms with E-state index in [0.717, 1.165) is 24.1 Å². The van der Waals surface area contributed by atoms with Gasteiger partial charge in [0.25, 0.3) is 5.91 Å². The van der Waals surface area contributed by atoms with Crippen LogP contribution in [-0.4, -0.2) is 18.4 Å². The quantitative estimate of drug-likeness (QED) is 0.784. The van der Waals surface area contributed by atoms with Crippen LogP contribution in [0.25, 0.3) is 0 Å². The van der Waals surface area contributed by atoms with E-state index in [9.17, 15) is 9.59 Å². The van der Waals surface area contributed by atoms with Crippen molar-refractivity contribution in [2.75, 3.05) is 16.8 Å². The lowest BCUT2D eigenvalue weighted by atomic mass is 9.99. The van der Waals surface area contributed by atoms with E-state index in [2.05, 4.69) is 5.32 Å². The number of carbonyl (C=O) groups is 2. The minimum Gasteiger partial charge on any atom is -0.322 e. The smallest absolute Gasteiger partial charge is 0.255 e. The van der Waals surface area contributed by atoms with Gasteiger partial charge in [0.1, 0.15) is 0 Å². The lowest BCUT2D eigenvalue weighted by Gasteiger charge is -2.31. The average Bonchev–Trinajstić information content (AvgIpc) is 2.62. The molecule has 2 aromatic rings. The normalized spacial score (nSPS) is 13.5. The third-order valence-electron chi connectivity index (χ3n) is 4.40. The second-order valence-corrected chi connectivity index (χ2v) is 7.49. The van der Waals surface area contributed by atoms with Crippen molar-refractivity contribution >= 4 is 46.4 Å². The molecule has 6 heteroatoms. The van der Waals surface area contributed by atoms with Gasteiger partial charge in [0.2, 0.25) is 5.91 Å². The molecule has 3 rings (SSSR count). The summed E-state index contributed by atoms with van der Waals surface area (Å²) in [5.74, 6) is -0.254. The molecule has 0 radical (unpaired) electrons. The number of fused-ring (bicyclic) bond motifs is 1. The van der Waals surface area contributed by atoms with Crippen LogP contribution in [0.4, 0.5) is 11.4 Å². The number of hydrogen-bond acceptors (Lipinski definition) is 2. The van der Waals surface area contributed by atoms with Crippen molar-refractivity contribution in [2.45, 2.75) is 26.7 Å². The second kappa shape index (κ2) is 7.68. The van der Waals surface area contributed by atoms with Crippen LogP contribution in [0.1, 0.15) is 36.2 Å². The topological polar surface area (TPSA) is 49.4 Å². The minimum atomic E-state index is -0.277. The Morgan fingerprint density at radius 3 is 2.54 bits per heavy atom. The molecule has 0 atom stereocenters. The maximum absolute atomic E-state index is 12.5. The highest BCUT2D eigenvalue weighted by atomic mass is 35.5. The number of anilines is 2. The number of hydrogen-bond donors (Lipinski definition) is 1. The van der Waals surface area contributed by atoms with Crippen molar-refractivity contribution < 1.29 is 9.59 Å². The zero-order chi connectivity index (χ0) is 18.8. The number of carbonyl (C=O) groups excluding carboxylic acids is 2. The van der Waals surface area contributed by atoms with Gasteiger partial charge in [-0.2, -0.15) is 0 Å². The van der Waals surface area contributed by atoms with E-state index >= 15 is 0 Å². The Labute approximate surface area is 163 Å². The molecule has 0 bridgehead atoms. The van der Waals surface area contributed by atoms with Crippen molar-refractivity contribution in [1.29, 1.82) is 0 Å². The summed E-state index contributed by atoms with van der Waals surface area (Å²) in [6, 6.07) is 10.4. The Kier molecular flexibility index (Phi) is 5.54. The molecule has 0 spiro atoms. The summed E-state index contributed by atoms with van der Waals surface area (Å²) >= 11 is 11.9. The molecule has 1 aliphatic heterocycles. The first kappa shape index (κ1) is 18.7. The van der Waals surface area contributed by atoms with Crippen LogP contribution in [0, 0.1) is 5.92 Å². The van der Waals surface area contributed by atoms with E-state index < -0.39 is 0 Å². The fourth-order valence-electron chi connectivity index (χ4n) is 3.03. The van der Waals surface area contributed by atoms with E-state index in [0.29, 0.717) is 27.8 Å². The number of nitrogens with zero attached hydrogens (tertiary/aromatic N) is 1. The van der Waals surface area contributed by atoms with Crippen molar-refractivity contribution in [3.63, 3.8) is 0 Å². The molecule has 0 saturated heterocycles.